The topological polar surface area (TPSA) is 118 Å². The molecule has 1 fully saturated rings. The van der Waals surface area contributed by atoms with Gasteiger partial charge >= 0.3 is 5.97 Å². The second kappa shape index (κ2) is 11.3. The summed E-state index contributed by atoms with van der Waals surface area (Å²) < 4.78 is 22.0. The van der Waals surface area contributed by atoms with Gasteiger partial charge in [0.2, 0.25) is 11.6 Å². The van der Waals surface area contributed by atoms with Crippen molar-refractivity contribution in [2.24, 2.45) is 0 Å². The van der Waals surface area contributed by atoms with Crippen LogP contribution in [-0.4, -0.2) is 61.7 Å². The zero-order chi connectivity index (χ0) is 25.5. The van der Waals surface area contributed by atoms with Crippen molar-refractivity contribution in [1.82, 2.24) is 9.88 Å². The Morgan fingerprint density at radius 1 is 1.08 bits per heavy atom. The minimum absolute atomic E-state index is 0.230. The van der Waals surface area contributed by atoms with Gasteiger partial charge in [0, 0.05) is 33.1 Å². The number of aryl methyl sites for hydroxylation is 1. The zero-order valence-corrected chi connectivity index (χ0v) is 20.1. The average Bonchev–Trinajstić information content (AvgIpc) is 3.31. The van der Waals surface area contributed by atoms with Gasteiger partial charge in [0.25, 0.3) is 5.91 Å². The van der Waals surface area contributed by atoms with Gasteiger partial charge in [-0.25, -0.2) is 9.78 Å². The maximum Gasteiger partial charge on any atom is 0.338 e. The van der Waals surface area contributed by atoms with Gasteiger partial charge in [-0.15, -0.1) is 0 Å². The summed E-state index contributed by atoms with van der Waals surface area (Å²) in [5, 5.41) is 9.21. The number of benzene rings is 2. The Hall–Kier alpha value is -4.52. The molecule has 1 saturated heterocycles. The molecule has 0 aliphatic carbocycles. The summed E-state index contributed by atoms with van der Waals surface area (Å²) in [6.45, 7) is 3.42. The van der Waals surface area contributed by atoms with Crippen molar-refractivity contribution in [2.75, 3.05) is 44.8 Å². The van der Waals surface area contributed by atoms with Crippen molar-refractivity contribution < 1.29 is 28.2 Å². The van der Waals surface area contributed by atoms with Gasteiger partial charge in [0.05, 0.1) is 12.7 Å². The number of ether oxygens (including phenoxy) is 3. The van der Waals surface area contributed by atoms with Crippen molar-refractivity contribution >= 4 is 17.8 Å². The van der Waals surface area contributed by atoms with E-state index in [1.165, 1.54) is 13.2 Å². The van der Waals surface area contributed by atoms with E-state index in [0.717, 1.165) is 5.56 Å². The van der Waals surface area contributed by atoms with Gasteiger partial charge in [0.1, 0.15) is 12.7 Å². The molecular weight excluding hydrogens is 464 g/mol. The highest BCUT2D eigenvalue weighted by atomic mass is 16.5. The fourth-order valence-corrected chi connectivity index (χ4v) is 3.81. The third kappa shape index (κ3) is 5.75. The molecule has 0 radical (unpaired) electrons. The quantitative estimate of drug-likeness (QED) is 0.439. The number of oxazole rings is 1. The van der Waals surface area contributed by atoms with Crippen LogP contribution in [0.4, 0.5) is 5.88 Å². The van der Waals surface area contributed by atoms with E-state index in [1.807, 2.05) is 41.3 Å². The number of hydrogen-bond acceptors (Lipinski definition) is 9. The number of esters is 1. The maximum absolute atomic E-state index is 12.6. The third-order valence-electron chi connectivity index (χ3n) is 5.70. The molecule has 2 heterocycles. The largest absolute Gasteiger partial charge is 0.493 e. The monoisotopic (exact) mass is 490 g/mol. The summed E-state index contributed by atoms with van der Waals surface area (Å²) in [6.07, 6.45) is 0. The molecule has 0 atom stereocenters. The molecule has 10 heteroatoms. The third-order valence-corrected chi connectivity index (χ3v) is 5.70. The number of carbonyl (C=O) groups excluding carboxylic acids is 2. The highest BCUT2D eigenvalue weighted by Gasteiger charge is 2.26. The van der Waals surface area contributed by atoms with E-state index in [9.17, 15) is 14.9 Å². The number of carbonyl (C=O) groups is 2. The molecule has 10 nitrogen and oxygen atoms in total. The van der Waals surface area contributed by atoms with Crippen LogP contribution in [0.2, 0.25) is 0 Å². The van der Waals surface area contributed by atoms with Gasteiger partial charge in [0.15, 0.2) is 24.0 Å². The lowest BCUT2D eigenvalue weighted by Crippen LogP contribution is -2.50. The smallest absolute Gasteiger partial charge is 0.338 e. The first-order valence-corrected chi connectivity index (χ1v) is 11.4. The van der Waals surface area contributed by atoms with Gasteiger partial charge in [-0.05, 0) is 23.8 Å². The van der Waals surface area contributed by atoms with E-state index in [0.29, 0.717) is 56.1 Å². The fourth-order valence-electron chi connectivity index (χ4n) is 3.81. The van der Waals surface area contributed by atoms with Gasteiger partial charge in [-0.3, -0.25) is 4.79 Å². The van der Waals surface area contributed by atoms with Crippen molar-refractivity contribution in [3.05, 3.63) is 71.2 Å². The molecule has 186 valence electrons. The molecule has 0 saturated carbocycles. The fraction of sp³-hybridized carbons (Fsp3) is 0.308. The van der Waals surface area contributed by atoms with Crippen molar-refractivity contribution in [2.45, 2.75) is 13.5 Å². The lowest BCUT2D eigenvalue weighted by atomic mass is 10.2. The average molecular weight is 491 g/mol. The normalized spacial score (nSPS) is 13.1. The molecule has 2 aromatic carbocycles. The Morgan fingerprint density at radius 2 is 1.83 bits per heavy atom. The maximum atomic E-state index is 12.6. The molecule has 1 aliphatic rings. The first-order valence-electron chi connectivity index (χ1n) is 11.4. The predicted octanol–water partition coefficient (Wildman–Crippen LogP) is 2.95. The van der Waals surface area contributed by atoms with Gasteiger partial charge in [-0.2, -0.15) is 5.26 Å². The summed E-state index contributed by atoms with van der Waals surface area (Å²) in [4.78, 5) is 32.7. The number of methoxy groups -OCH3 is 1. The van der Waals surface area contributed by atoms with E-state index >= 15 is 0 Å². The number of amides is 1. The SMILES string of the molecule is COc1cc(C(=O)OCC(=O)N2CCN(c3oc(C)nc3C#N)CC2)ccc1OCc1ccccc1. The Kier molecular flexibility index (Phi) is 7.70. The Morgan fingerprint density at radius 3 is 2.53 bits per heavy atom. The molecule has 0 N–H and O–H groups in total. The summed E-state index contributed by atoms with van der Waals surface area (Å²) in [7, 11) is 1.49. The van der Waals surface area contributed by atoms with Crippen molar-refractivity contribution in [3.63, 3.8) is 0 Å². The van der Waals surface area contributed by atoms with Crippen LogP contribution in [-0.2, 0) is 16.1 Å². The number of anilines is 1. The first-order chi connectivity index (χ1) is 17.5. The molecule has 36 heavy (non-hydrogen) atoms. The van der Waals surface area contributed by atoms with E-state index < -0.39 is 5.97 Å². The molecule has 0 unspecified atom stereocenters. The van der Waals surface area contributed by atoms with E-state index in [-0.39, 0.29) is 23.8 Å². The van der Waals surface area contributed by atoms with Crippen LogP contribution in [0.25, 0.3) is 0 Å². The van der Waals surface area contributed by atoms with Crippen LogP contribution in [0.15, 0.2) is 52.9 Å². The van der Waals surface area contributed by atoms with E-state index in [4.69, 9.17) is 18.6 Å². The Labute approximate surface area is 208 Å². The lowest BCUT2D eigenvalue weighted by Gasteiger charge is -2.34. The van der Waals surface area contributed by atoms with Crippen LogP contribution in [0.5, 0.6) is 11.5 Å². The van der Waals surface area contributed by atoms with E-state index in [1.54, 1.807) is 24.0 Å². The number of rotatable bonds is 8. The highest BCUT2D eigenvalue weighted by molar-refractivity contribution is 5.92. The van der Waals surface area contributed by atoms with Gasteiger partial charge < -0.3 is 28.4 Å². The number of aromatic nitrogens is 1. The van der Waals surface area contributed by atoms with Crippen LogP contribution in [0, 0.1) is 18.3 Å². The Bertz CT molecular complexity index is 1260. The predicted molar refractivity (Wildman–Crippen MR) is 129 cm³/mol. The molecule has 3 aromatic rings. The van der Waals surface area contributed by atoms with Gasteiger partial charge in [-0.1, -0.05) is 30.3 Å². The molecule has 1 aromatic heterocycles. The summed E-state index contributed by atoms with van der Waals surface area (Å²) in [5.41, 5.74) is 1.48. The molecule has 0 spiro atoms. The minimum atomic E-state index is -0.634. The molecule has 0 bridgehead atoms. The zero-order valence-electron chi connectivity index (χ0n) is 20.1. The molecule has 1 aliphatic heterocycles. The summed E-state index contributed by atoms with van der Waals surface area (Å²) in [5.74, 6) is 0.784. The van der Waals surface area contributed by atoms with Crippen molar-refractivity contribution in [1.29, 1.82) is 5.26 Å². The lowest BCUT2D eigenvalue weighted by molar-refractivity contribution is -0.134. The molecule has 1 amide bonds. The van der Waals surface area contributed by atoms with Crippen LogP contribution in [0.1, 0.15) is 27.5 Å². The Balaban J connectivity index is 1.28. The van der Waals surface area contributed by atoms with Crippen LogP contribution >= 0.6 is 0 Å². The summed E-state index contributed by atoms with van der Waals surface area (Å²) in [6, 6.07) is 16.4. The molecule has 4 rings (SSSR count). The number of nitriles is 1. The van der Waals surface area contributed by atoms with Crippen LogP contribution in [0.3, 0.4) is 0 Å². The second-order valence-electron chi connectivity index (χ2n) is 8.08. The first kappa shape index (κ1) is 24.6. The molecular formula is C26H26N4O6. The summed E-state index contributed by atoms with van der Waals surface area (Å²) >= 11 is 0. The van der Waals surface area contributed by atoms with Crippen LogP contribution < -0.4 is 14.4 Å². The number of nitrogens with zero attached hydrogens (tertiary/aromatic N) is 4. The minimum Gasteiger partial charge on any atom is -0.493 e. The van der Waals surface area contributed by atoms with Crippen molar-refractivity contribution in [3.8, 4) is 17.6 Å². The highest BCUT2D eigenvalue weighted by Crippen LogP contribution is 2.29. The standard InChI is InChI=1S/C26H26N4O6/c1-18-28-21(15-27)25(36-18)30-12-10-29(11-13-30)24(31)17-35-26(32)20-8-9-22(23(14-20)33-2)34-16-19-6-4-3-5-7-19/h3-9,14H,10-13,16-17H2,1-2H3. The second-order valence-corrected chi connectivity index (χ2v) is 8.08. The number of hydrogen-bond donors (Lipinski definition) is 0. The number of piperazine rings is 1. The van der Waals surface area contributed by atoms with E-state index in [2.05, 4.69) is 4.98 Å².